The zero-order chi connectivity index (χ0) is 23.6. The fraction of sp³-hybridized carbons (Fsp3) is 0.455. The number of halogens is 3. The SMILES string of the molecule is CCNc1c(C(C)=Nc2ccc(OC(F)(F)F)cc2)ccn1CCC(=O)NCCCOC. The average Bonchev–Trinajstić information content (AvgIpc) is 3.13. The Morgan fingerprint density at radius 2 is 1.91 bits per heavy atom. The molecule has 10 heteroatoms. The lowest BCUT2D eigenvalue weighted by molar-refractivity contribution is -0.274. The standard InChI is InChI=1S/C22H29F3N4O3/c1-4-26-21-19(10-13-29(21)14-11-20(30)27-12-5-15-31-3)16(2)28-17-6-8-18(9-7-17)32-22(23,24)25/h6-10,13,26H,4-5,11-12,14-15H2,1-3H3,(H,27,30). The monoisotopic (exact) mass is 454 g/mol. The van der Waals surface area contributed by atoms with Gasteiger partial charge in [-0.15, -0.1) is 13.2 Å². The molecule has 1 aromatic heterocycles. The highest BCUT2D eigenvalue weighted by Crippen LogP contribution is 2.26. The molecule has 0 atom stereocenters. The van der Waals surface area contributed by atoms with Crippen molar-refractivity contribution < 1.29 is 27.4 Å². The van der Waals surface area contributed by atoms with E-state index in [4.69, 9.17) is 4.74 Å². The summed E-state index contributed by atoms with van der Waals surface area (Å²) in [6, 6.07) is 7.27. The summed E-state index contributed by atoms with van der Waals surface area (Å²) in [5.41, 5.74) is 2.04. The van der Waals surface area contributed by atoms with Crippen molar-refractivity contribution in [3.8, 4) is 5.75 Å². The number of nitrogens with zero attached hydrogens (tertiary/aromatic N) is 2. The zero-order valence-electron chi connectivity index (χ0n) is 18.5. The number of benzene rings is 1. The van der Waals surface area contributed by atoms with Crippen molar-refractivity contribution in [1.82, 2.24) is 9.88 Å². The second-order valence-electron chi connectivity index (χ2n) is 6.99. The molecule has 2 N–H and O–H groups in total. The Balaban J connectivity index is 2.07. The minimum Gasteiger partial charge on any atom is -0.406 e. The first-order valence-electron chi connectivity index (χ1n) is 10.3. The maximum atomic E-state index is 12.3. The van der Waals surface area contributed by atoms with Gasteiger partial charge in [-0.25, -0.2) is 0 Å². The number of rotatable bonds is 12. The number of nitrogens with one attached hydrogen (secondary N) is 2. The molecule has 0 fully saturated rings. The van der Waals surface area contributed by atoms with Gasteiger partial charge in [0.1, 0.15) is 11.6 Å². The first-order valence-corrected chi connectivity index (χ1v) is 10.3. The van der Waals surface area contributed by atoms with Gasteiger partial charge in [0.2, 0.25) is 5.91 Å². The summed E-state index contributed by atoms with van der Waals surface area (Å²) in [6.07, 6.45) is -1.76. The molecule has 0 bridgehead atoms. The lowest BCUT2D eigenvalue weighted by atomic mass is 10.2. The molecule has 1 aromatic carbocycles. The molecule has 0 aliphatic heterocycles. The number of anilines is 1. The Hall–Kier alpha value is -3.01. The third kappa shape index (κ3) is 8.26. The van der Waals surface area contributed by atoms with Gasteiger partial charge in [0.05, 0.1) is 5.69 Å². The number of methoxy groups -OCH3 is 1. The van der Waals surface area contributed by atoms with Crippen molar-refractivity contribution in [3.63, 3.8) is 0 Å². The predicted octanol–water partition coefficient (Wildman–Crippen LogP) is 4.50. The largest absolute Gasteiger partial charge is 0.573 e. The highest BCUT2D eigenvalue weighted by Gasteiger charge is 2.30. The molecular weight excluding hydrogens is 425 g/mol. The first-order chi connectivity index (χ1) is 15.2. The molecule has 0 saturated heterocycles. The topological polar surface area (TPSA) is 76.9 Å². The Kier molecular flexibility index (Phi) is 9.58. The lowest BCUT2D eigenvalue weighted by Gasteiger charge is -2.13. The van der Waals surface area contributed by atoms with E-state index in [1.54, 1.807) is 7.11 Å². The van der Waals surface area contributed by atoms with Gasteiger partial charge >= 0.3 is 6.36 Å². The van der Waals surface area contributed by atoms with E-state index in [0.29, 0.717) is 44.1 Å². The van der Waals surface area contributed by atoms with Crippen LogP contribution >= 0.6 is 0 Å². The second kappa shape index (κ2) is 12.1. The highest BCUT2D eigenvalue weighted by molar-refractivity contribution is 6.04. The van der Waals surface area contributed by atoms with Crippen LogP contribution in [0.15, 0.2) is 41.5 Å². The zero-order valence-corrected chi connectivity index (χ0v) is 18.5. The van der Waals surface area contributed by atoms with Crippen LogP contribution in [0.3, 0.4) is 0 Å². The van der Waals surface area contributed by atoms with Crippen LogP contribution in [0.5, 0.6) is 5.75 Å². The average molecular weight is 454 g/mol. The molecule has 7 nitrogen and oxygen atoms in total. The minimum atomic E-state index is -4.73. The van der Waals surface area contributed by atoms with Gasteiger partial charge in [-0.05, 0) is 50.6 Å². The maximum Gasteiger partial charge on any atom is 0.573 e. The summed E-state index contributed by atoms with van der Waals surface area (Å²) in [5.74, 6) is 0.498. The summed E-state index contributed by atoms with van der Waals surface area (Å²) >= 11 is 0. The summed E-state index contributed by atoms with van der Waals surface area (Å²) in [4.78, 5) is 16.6. The van der Waals surface area contributed by atoms with Crippen LogP contribution in [0.2, 0.25) is 0 Å². The Morgan fingerprint density at radius 1 is 1.19 bits per heavy atom. The summed E-state index contributed by atoms with van der Waals surface area (Å²) < 4.78 is 47.7. The molecule has 0 saturated carbocycles. The van der Waals surface area contributed by atoms with E-state index >= 15 is 0 Å². The number of aromatic nitrogens is 1. The van der Waals surface area contributed by atoms with Gasteiger partial charge in [0, 0.05) is 57.2 Å². The van der Waals surface area contributed by atoms with Crippen molar-refractivity contribution in [3.05, 3.63) is 42.1 Å². The van der Waals surface area contributed by atoms with Gasteiger partial charge in [-0.1, -0.05) is 0 Å². The van der Waals surface area contributed by atoms with Crippen LogP contribution in [0.1, 0.15) is 32.3 Å². The molecule has 0 aliphatic rings. The number of hydrogen-bond donors (Lipinski definition) is 2. The molecule has 0 aliphatic carbocycles. The third-order valence-corrected chi connectivity index (χ3v) is 4.49. The number of hydrogen-bond acceptors (Lipinski definition) is 5. The first kappa shape index (κ1) is 25.3. The minimum absolute atomic E-state index is 0.0367. The highest BCUT2D eigenvalue weighted by atomic mass is 19.4. The van der Waals surface area contributed by atoms with E-state index in [0.717, 1.165) is 17.8 Å². The maximum absolute atomic E-state index is 12.3. The number of carbonyl (C=O) groups is 1. The Labute approximate surface area is 185 Å². The molecule has 1 heterocycles. The van der Waals surface area contributed by atoms with E-state index in [9.17, 15) is 18.0 Å². The number of aliphatic imine (C=N–C) groups is 1. The fourth-order valence-electron chi connectivity index (χ4n) is 3.05. The third-order valence-electron chi connectivity index (χ3n) is 4.49. The molecule has 176 valence electrons. The summed E-state index contributed by atoms with van der Waals surface area (Å²) in [7, 11) is 1.62. The number of carbonyl (C=O) groups excluding carboxylic acids is 1. The van der Waals surface area contributed by atoms with E-state index in [2.05, 4.69) is 20.4 Å². The van der Waals surface area contributed by atoms with E-state index in [1.807, 2.05) is 30.7 Å². The molecule has 0 radical (unpaired) electrons. The Bertz CT molecular complexity index is 893. The molecule has 2 rings (SSSR count). The van der Waals surface area contributed by atoms with Crippen molar-refractivity contribution in [2.24, 2.45) is 4.99 Å². The van der Waals surface area contributed by atoms with Crippen LogP contribution in [-0.4, -0.2) is 49.4 Å². The normalized spacial score (nSPS) is 12.0. The molecule has 0 unspecified atom stereocenters. The van der Waals surface area contributed by atoms with Crippen LogP contribution in [0.25, 0.3) is 0 Å². The Morgan fingerprint density at radius 3 is 2.53 bits per heavy atom. The molecular formula is C22H29F3N4O3. The summed E-state index contributed by atoms with van der Waals surface area (Å²) in [6.45, 7) is 6.13. The molecule has 32 heavy (non-hydrogen) atoms. The van der Waals surface area contributed by atoms with Crippen LogP contribution in [-0.2, 0) is 16.1 Å². The molecule has 2 aromatic rings. The quantitative estimate of drug-likeness (QED) is 0.366. The molecule has 1 amide bonds. The lowest BCUT2D eigenvalue weighted by Crippen LogP contribution is -2.26. The van der Waals surface area contributed by atoms with Gasteiger partial charge in [-0.3, -0.25) is 9.79 Å². The van der Waals surface area contributed by atoms with Crippen molar-refractivity contribution in [1.29, 1.82) is 0 Å². The predicted molar refractivity (Wildman–Crippen MR) is 118 cm³/mol. The molecule has 0 spiro atoms. The smallest absolute Gasteiger partial charge is 0.406 e. The van der Waals surface area contributed by atoms with E-state index < -0.39 is 6.36 Å². The second-order valence-corrected chi connectivity index (χ2v) is 6.99. The van der Waals surface area contributed by atoms with Gasteiger partial charge < -0.3 is 24.7 Å². The van der Waals surface area contributed by atoms with Crippen LogP contribution in [0, 0.1) is 0 Å². The van der Waals surface area contributed by atoms with E-state index in [1.165, 1.54) is 24.3 Å². The number of alkyl halides is 3. The van der Waals surface area contributed by atoms with Crippen LogP contribution in [0.4, 0.5) is 24.7 Å². The van der Waals surface area contributed by atoms with Gasteiger partial charge in [-0.2, -0.15) is 0 Å². The van der Waals surface area contributed by atoms with Crippen LogP contribution < -0.4 is 15.4 Å². The number of amides is 1. The van der Waals surface area contributed by atoms with Gasteiger partial charge in [0.25, 0.3) is 0 Å². The van der Waals surface area contributed by atoms with Crippen molar-refractivity contribution in [2.45, 2.75) is 39.6 Å². The number of ether oxygens (including phenoxy) is 2. The van der Waals surface area contributed by atoms with Crippen molar-refractivity contribution >= 4 is 23.1 Å². The summed E-state index contributed by atoms with van der Waals surface area (Å²) in [5, 5.41) is 6.16. The van der Waals surface area contributed by atoms with Crippen molar-refractivity contribution in [2.75, 3.05) is 32.1 Å². The van der Waals surface area contributed by atoms with Gasteiger partial charge in [0.15, 0.2) is 0 Å². The fourth-order valence-corrected chi connectivity index (χ4v) is 3.05. The number of aryl methyl sites for hydroxylation is 1. The van der Waals surface area contributed by atoms with E-state index in [-0.39, 0.29) is 11.7 Å².